The molecule has 1 amide bonds. The molecule has 0 heterocycles. The van der Waals surface area contributed by atoms with Crippen LogP contribution < -0.4 is 5.32 Å². The van der Waals surface area contributed by atoms with Crippen molar-refractivity contribution in [1.29, 1.82) is 0 Å². The van der Waals surface area contributed by atoms with Gasteiger partial charge >= 0.3 is 5.97 Å². The SMILES string of the molecule is C[C@H](NC(=O)CCc1ccc(C(=O)O)cc1)C(C)(C)C. The maximum atomic E-state index is 11.8. The Kier molecular flexibility index (Phi) is 5.31. The number of aryl methyl sites for hydroxylation is 1. The Morgan fingerprint density at radius 3 is 2.20 bits per heavy atom. The van der Waals surface area contributed by atoms with Crippen LogP contribution in [0.4, 0.5) is 0 Å². The Labute approximate surface area is 120 Å². The summed E-state index contributed by atoms with van der Waals surface area (Å²) in [5, 5.41) is 11.8. The van der Waals surface area contributed by atoms with E-state index in [0.717, 1.165) is 5.56 Å². The molecule has 0 aliphatic heterocycles. The van der Waals surface area contributed by atoms with E-state index in [-0.39, 0.29) is 22.9 Å². The summed E-state index contributed by atoms with van der Waals surface area (Å²) in [6.45, 7) is 8.26. The zero-order valence-electron chi connectivity index (χ0n) is 12.6. The maximum absolute atomic E-state index is 11.8. The van der Waals surface area contributed by atoms with Gasteiger partial charge < -0.3 is 10.4 Å². The third kappa shape index (κ3) is 5.03. The van der Waals surface area contributed by atoms with Gasteiger partial charge in [0, 0.05) is 12.5 Å². The molecular formula is C16H23NO3. The zero-order valence-corrected chi connectivity index (χ0v) is 12.6. The Morgan fingerprint density at radius 2 is 1.75 bits per heavy atom. The molecule has 0 saturated heterocycles. The Bertz CT molecular complexity index is 471. The topological polar surface area (TPSA) is 66.4 Å². The van der Waals surface area contributed by atoms with Crippen molar-refractivity contribution in [1.82, 2.24) is 5.32 Å². The summed E-state index contributed by atoms with van der Waals surface area (Å²) in [5.74, 6) is -0.914. The molecular weight excluding hydrogens is 254 g/mol. The summed E-state index contributed by atoms with van der Waals surface area (Å²) in [4.78, 5) is 22.6. The van der Waals surface area contributed by atoms with E-state index in [9.17, 15) is 9.59 Å². The van der Waals surface area contributed by atoms with Gasteiger partial charge in [-0.25, -0.2) is 4.79 Å². The largest absolute Gasteiger partial charge is 0.478 e. The number of nitrogens with one attached hydrogen (secondary N) is 1. The molecule has 0 fully saturated rings. The van der Waals surface area contributed by atoms with Crippen LogP contribution in [0.25, 0.3) is 0 Å². The average molecular weight is 277 g/mol. The number of amides is 1. The lowest BCUT2D eigenvalue weighted by Gasteiger charge is -2.28. The number of carbonyl (C=O) groups is 2. The molecule has 1 rings (SSSR count). The van der Waals surface area contributed by atoms with E-state index in [0.29, 0.717) is 12.8 Å². The van der Waals surface area contributed by atoms with Crippen LogP contribution in [-0.4, -0.2) is 23.0 Å². The van der Waals surface area contributed by atoms with Crippen molar-refractivity contribution in [2.75, 3.05) is 0 Å². The number of hydrogen-bond donors (Lipinski definition) is 2. The fourth-order valence-electron chi connectivity index (χ4n) is 1.60. The molecule has 0 aliphatic carbocycles. The highest BCUT2D eigenvalue weighted by atomic mass is 16.4. The van der Waals surface area contributed by atoms with Crippen LogP contribution in [0.2, 0.25) is 0 Å². The predicted molar refractivity (Wildman–Crippen MR) is 78.8 cm³/mol. The quantitative estimate of drug-likeness (QED) is 0.869. The van der Waals surface area contributed by atoms with E-state index in [1.165, 1.54) is 0 Å². The lowest BCUT2D eigenvalue weighted by molar-refractivity contribution is -0.122. The molecule has 0 spiro atoms. The van der Waals surface area contributed by atoms with Gasteiger partial charge in [-0.3, -0.25) is 4.79 Å². The van der Waals surface area contributed by atoms with Crippen LogP contribution in [0, 0.1) is 5.41 Å². The van der Waals surface area contributed by atoms with Crippen molar-refractivity contribution >= 4 is 11.9 Å². The van der Waals surface area contributed by atoms with Gasteiger partial charge in [0.15, 0.2) is 0 Å². The summed E-state index contributed by atoms with van der Waals surface area (Å²) in [5.41, 5.74) is 1.27. The number of aromatic carboxylic acids is 1. The highest BCUT2D eigenvalue weighted by Gasteiger charge is 2.21. The molecule has 0 aliphatic rings. The predicted octanol–water partition coefficient (Wildman–Crippen LogP) is 2.87. The zero-order chi connectivity index (χ0) is 15.3. The molecule has 0 bridgehead atoms. The van der Waals surface area contributed by atoms with E-state index in [1.807, 2.05) is 6.92 Å². The minimum Gasteiger partial charge on any atom is -0.478 e. The Balaban J connectivity index is 2.47. The van der Waals surface area contributed by atoms with E-state index in [2.05, 4.69) is 26.1 Å². The van der Waals surface area contributed by atoms with Crippen LogP contribution in [0.5, 0.6) is 0 Å². The Morgan fingerprint density at radius 1 is 1.20 bits per heavy atom. The maximum Gasteiger partial charge on any atom is 0.335 e. The first-order chi connectivity index (χ1) is 9.20. The number of rotatable bonds is 5. The molecule has 0 saturated carbocycles. The van der Waals surface area contributed by atoms with Crippen molar-refractivity contribution < 1.29 is 14.7 Å². The molecule has 1 atom stereocenters. The second-order valence-corrected chi connectivity index (χ2v) is 6.16. The second kappa shape index (κ2) is 6.55. The second-order valence-electron chi connectivity index (χ2n) is 6.16. The van der Waals surface area contributed by atoms with Gasteiger partial charge in [-0.15, -0.1) is 0 Å². The number of carbonyl (C=O) groups excluding carboxylic acids is 1. The van der Waals surface area contributed by atoms with Crippen molar-refractivity contribution in [3.63, 3.8) is 0 Å². The lowest BCUT2D eigenvalue weighted by Crippen LogP contribution is -2.41. The highest BCUT2D eigenvalue weighted by molar-refractivity contribution is 5.87. The van der Waals surface area contributed by atoms with Crippen LogP contribution in [0.3, 0.4) is 0 Å². The Hall–Kier alpha value is -1.84. The van der Waals surface area contributed by atoms with E-state index in [4.69, 9.17) is 5.11 Å². The number of carboxylic acid groups (broad SMARTS) is 1. The summed E-state index contributed by atoms with van der Waals surface area (Å²) in [6.07, 6.45) is 1.02. The average Bonchev–Trinajstić information content (AvgIpc) is 2.35. The van der Waals surface area contributed by atoms with Crippen molar-refractivity contribution in [2.24, 2.45) is 5.41 Å². The molecule has 2 N–H and O–H groups in total. The van der Waals surface area contributed by atoms with E-state index < -0.39 is 5.97 Å². The van der Waals surface area contributed by atoms with Crippen LogP contribution in [0.15, 0.2) is 24.3 Å². The lowest BCUT2D eigenvalue weighted by atomic mass is 9.88. The van der Waals surface area contributed by atoms with Gasteiger partial charge in [-0.05, 0) is 36.5 Å². The van der Waals surface area contributed by atoms with Gasteiger partial charge in [-0.1, -0.05) is 32.9 Å². The molecule has 0 radical (unpaired) electrons. The fraction of sp³-hybridized carbons (Fsp3) is 0.500. The first-order valence-electron chi connectivity index (χ1n) is 6.82. The highest BCUT2D eigenvalue weighted by Crippen LogP contribution is 2.18. The van der Waals surface area contributed by atoms with Gasteiger partial charge in [0.2, 0.25) is 5.91 Å². The van der Waals surface area contributed by atoms with Crippen LogP contribution in [-0.2, 0) is 11.2 Å². The third-order valence-electron chi connectivity index (χ3n) is 3.52. The molecule has 20 heavy (non-hydrogen) atoms. The first-order valence-corrected chi connectivity index (χ1v) is 6.82. The van der Waals surface area contributed by atoms with Crippen LogP contribution >= 0.6 is 0 Å². The van der Waals surface area contributed by atoms with Gasteiger partial charge in [0.05, 0.1) is 5.56 Å². The monoisotopic (exact) mass is 277 g/mol. The summed E-state index contributed by atoms with van der Waals surface area (Å²) >= 11 is 0. The molecule has 1 aromatic carbocycles. The number of benzene rings is 1. The smallest absolute Gasteiger partial charge is 0.335 e. The molecule has 0 aromatic heterocycles. The molecule has 4 nitrogen and oxygen atoms in total. The first kappa shape index (κ1) is 16.2. The molecule has 4 heteroatoms. The molecule has 110 valence electrons. The van der Waals surface area contributed by atoms with Gasteiger partial charge in [0.25, 0.3) is 0 Å². The minimum atomic E-state index is -0.937. The molecule has 0 unspecified atom stereocenters. The van der Waals surface area contributed by atoms with Crippen molar-refractivity contribution in [2.45, 2.75) is 46.6 Å². The fourth-order valence-corrected chi connectivity index (χ4v) is 1.60. The summed E-state index contributed by atoms with van der Waals surface area (Å²) in [6, 6.07) is 6.75. The van der Waals surface area contributed by atoms with E-state index in [1.54, 1.807) is 24.3 Å². The van der Waals surface area contributed by atoms with E-state index >= 15 is 0 Å². The standard InChI is InChI=1S/C16H23NO3/c1-11(16(2,3)4)17-14(18)10-7-12-5-8-13(9-6-12)15(19)20/h5-6,8-9,11H,7,10H2,1-4H3,(H,17,18)(H,19,20)/t11-/m0/s1. The van der Waals surface area contributed by atoms with Gasteiger partial charge in [-0.2, -0.15) is 0 Å². The van der Waals surface area contributed by atoms with Gasteiger partial charge in [0.1, 0.15) is 0 Å². The third-order valence-corrected chi connectivity index (χ3v) is 3.52. The number of hydrogen-bond acceptors (Lipinski definition) is 2. The molecule has 1 aromatic rings. The summed E-state index contributed by atoms with van der Waals surface area (Å²) in [7, 11) is 0. The number of carboxylic acids is 1. The normalized spacial score (nSPS) is 12.8. The van der Waals surface area contributed by atoms with Crippen molar-refractivity contribution in [3.05, 3.63) is 35.4 Å². The van der Waals surface area contributed by atoms with Crippen molar-refractivity contribution in [3.8, 4) is 0 Å². The minimum absolute atomic E-state index is 0.0229. The summed E-state index contributed by atoms with van der Waals surface area (Å²) < 4.78 is 0. The van der Waals surface area contributed by atoms with Crippen LogP contribution in [0.1, 0.15) is 50.0 Å².